The molecule has 4 aromatic rings. The van der Waals surface area contributed by atoms with Gasteiger partial charge < -0.3 is 20.2 Å². The van der Waals surface area contributed by atoms with Crippen LogP contribution in [0.2, 0.25) is 0 Å². The molecule has 1 fully saturated rings. The average Bonchev–Trinajstić information content (AvgIpc) is 3.23. The van der Waals surface area contributed by atoms with Gasteiger partial charge in [-0.15, -0.1) is 5.10 Å². The van der Waals surface area contributed by atoms with Gasteiger partial charge in [-0.05, 0) is 49.0 Å². The van der Waals surface area contributed by atoms with E-state index < -0.39 is 0 Å². The summed E-state index contributed by atoms with van der Waals surface area (Å²) in [4.78, 5) is 9.24. The Labute approximate surface area is 181 Å². The minimum atomic E-state index is 0.0407. The van der Waals surface area contributed by atoms with E-state index in [9.17, 15) is 5.11 Å². The molecule has 158 valence electrons. The van der Waals surface area contributed by atoms with Crippen LogP contribution in [0.15, 0.2) is 66.9 Å². The van der Waals surface area contributed by atoms with Crippen LogP contribution in [-0.2, 0) is 6.61 Å². The van der Waals surface area contributed by atoms with Crippen molar-refractivity contribution in [2.75, 3.05) is 43.4 Å². The minimum Gasteiger partial charge on any atom is -0.392 e. The van der Waals surface area contributed by atoms with E-state index in [2.05, 4.69) is 51.4 Å². The molecule has 0 radical (unpaired) electrons. The van der Waals surface area contributed by atoms with Crippen molar-refractivity contribution in [3.8, 4) is 11.3 Å². The van der Waals surface area contributed by atoms with Gasteiger partial charge in [-0.2, -0.15) is 0 Å². The summed E-state index contributed by atoms with van der Waals surface area (Å²) in [6.07, 6.45) is 1.82. The van der Waals surface area contributed by atoms with Crippen molar-refractivity contribution < 1.29 is 5.11 Å². The van der Waals surface area contributed by atoms with Gasteiger partial charge in [-0.1, -0.05) is 24.3 Å². The molecule has 31 heavy (non-hydrogen) atoms. The molecule has 7 nitrogen and oxygen atoms in total. The molecule has 0 bridgehead atoms. The molecule has 0 aliphatic carbocycles. The minimum absolute atomic E-state index is 0.0407. The Morgan fingerprint density at radius 2 is 1.65 bits per heavy atom. The smallest absolute Gasteiger partial charge is 0.245 e. The number of aliphatic hydroxyl groups is 1. The van der Waals surface area contributed by atoms with E-state index in [1.54, 1.807) is 0 Å². The van der Waals surface area contributed by atoms with Crippen LogP contribution < -0.4 is 10.2 Å². The second-order valence-electron chi connectivity index (χ2n) is 7.95. The normalized spacial score (nSPS) is 14.8. The van der Waals surface area contributed by atoms with Crippen molar-refractivity contribution in [2.45, 2.75) is 6.61 Å². The lowest BCUT2D eigenvalue weighted by atomic mass is 10.1. The van der Waals surface area contributed by atoms with Crippen LogP contribution in [0.5, 0.6) is 0 Å². The van der Waals surface area contributed by atoms with Gasteiger partial charge in [0.15, 0.2) is 0 Å². The summed E-state index contributed by atoms with van der Waals surface area (Å²) in [5.41, 5.74) is 6.04. The first-order valence-corrected chi connectivity index (χ1v) is 10.6. The highest BCUT2D eigenvalue weighted by atomic mass is 16.3. The number of hydrogen-bond donors (Lipinski definition) is 2. The molecule has 7 heteroatoms. The summed E-state index contributed by atoms with van der Waals surface area (Å²) in [7, 11) is 2.17. The van der Waals surface area contributed by atoms with Crippen LogP contribution in [0.25, 0.3) is 16.8 Å². The fourth-order valence-corrected chi connectivity index (χ4v) is 3.91. The number of hydrogen-bond acceptors (Lipinski definition) is 6. The third kappa shape index (κ3) is 4.10. The number of nitrogens with zero attached hydrogens (tertiary/aromatic N) is 5. The monoisotopic (exact) mass is 414 g/mol. The highest BCUT2D eigenvalue weighted by Gasteiger charge is 2.14. The molecule has 0 spiro atoms. The van der Waals surface area contributed by atoms with E-state index in [4.69, 9.17) is 5.10 Å². The molecule has 1 saturated heterocycles. The highest BCUT2D eigenvalue weighted by molar-refractivity contribution is 5.67. The number of rotatable bonds is 5. The molecule has 1 aliphatic heterocycles. The topological polar surface area (TPSA) is 68.9 Å². The largest absolute Gasteiger partial charge is 0.392 e. The maximum atomic E-state index is 9.27. The lowest BCUT2D eigenvalue weighted by Crippen LogP contribution is -2.44. The molecule has 3 heterocycles. The number of benzene rings is 2. The molecule has 0 amide bonds. The summed E-state index contributed by atoms with van der Waals surface area (Å²) < 4.78 is 1.89. The van der Waals surface area contributed by atoms with E-state index in [1.165, 1.54) is 5.69 Å². The predicted octanol–water partition coefficient (Wildman–Crippen LogP) is 3.38. The van der Waals surface area contributed by atoms with Crippen molar-refractivity contribution in [2.24, 2.45) is 0 Å². The zero-order chi connectivity index (χ0) is 21.2. The maximum Gasteiger partial charge on any atom is 0.245 e. The second-order valence-corrected chi connectivity index (χ2v) is 7.95. The lowest BCUT2D eigenvalue weighted by molar-refractivity contribution is 0.282. The van der Waals surface area contributed by atoms with Crippen LogP contribution in [0.4, 0.5) is 17.3 Å². The summed E-state index contributed by atoms with van der Waals surface area (Å²) >= 11 is 0. The van der Waals surface area contributed by atoms with Crippen LogP contribution in [0.1, 0.15) is 5.56 Å². The number of fused-ring (bicyclic) bond motifs is 1. The number of aromatic nitrogens is 3. The molecule has 0 atom stereocenters. The van der Waals surface area contributed by atoms with Crippen molar-refractivity contribution in [1.29, 1.82) is 0 Å². The maximum absolute atomic E-state index is 9.27. The Balaban J connectivity index is 1.35. The van der Waals surface area contributed by atoms with E-state index in [0.717, 1.165) is 54.2 Å². The van der Waals surface area contributed by atoms with Crippen molar-refractivity contribution in [3.63, 3.8) is 0 Å². The van der Waals surface area contributed by atoms with E-state index >= 15 is 0 Å². The molecular formula is C24H26N6O. The Bertz CT molecular complexity index is 1160. The third-order valence-corrected chi connectivity index (χ3v) is 5.82. The molecular weight excluding hydrogens is 388 g/mol. The van der Waals surface area contributed by atoms with Gasteiger partial charge in [0.25, 0.3) is 0 Å². The Morgan fingerprint density at radius 3 is 2.35 bits per heavy atom. The van der Waals surface area contributed by atoms with Gasteiger partial charge in [0.1, 0.15) is 0 Å². The van der Waals surface area contributed by atoms with E-state index in [1.807, 2.05) is 47.1 Å². The number of anilines is 3. The summed E-state index contributed by atoms with van der Waals surface area (Å²) in [5.74, 6) is 0.546. The van der Waals surface area contributed by atoms with Gasteiger partial charge in [0, 0.05) is 43.1 Å². The molecule has 0 saturated carbocycles. The fraction of sp³-hybridized carbons (Fsp3) is 0.250. The van der Waals surface area contributed by atoms with Crippen LogP contribution in [-0.4, -0.2) is 57.8 Å². The molecule has 2 N–H and O–H groups in total. The van der Waals surface area contributed by atoms with Crippen molar-refractivity contribution in [1.82, 2.24) is 19.5 Å². The van der Waals surface area contributed by atoms with Gasteiger partial charge in [-0.25, -0.2) is 9.50 Å². The lowest BCUT2D eigenvalue weighted by Gasteiger charge is -2.34. The quantitative estimate of drug-likeness (QED) is 0.522. The van der Waals surface area contributed by atoms with E-state index in [0.29, 0.717) is 5.95 Å². The van der Waals surface area contributed by atoms with Gasteiger partial charge >= 0.3 is 0 Å². The number of piperazine rings is 1. The fourth-order valence-electron chi connectivity index (χ4n) is 3.91. The van der Waals surface area contributed by atoms with Gasteiger partial charge in [-0.3, -0.25) is 0 Å². The first-order chi connectivity index (χ1) is 15.2. The molecule has 5 rings (SSSR count). The molecule has 1 aliphatic rings. The Hall–Kier alpha value is -3.42. The summed E-state index contributed by atoms with van der Waals surface area (Å²) in [5, 5.41) is 17.3. The zero-order valence-electron chi connectivity index (χ0n) is 17.6. The average molecular weight is 415 g/mol. The van der Waals surface area contributed by atoms with Crippen LogP contribution >= 0.6 is 0 Å². The van der Waals surface area contributed by atoms with Crippen LogP contribution in [0.3, 0.4) is 0 Å². The highest BCUT2D eigenvalue weighted by Crippen LogP contribution is 2.24. The van der Waals surface area contributed by atoms with E-state index in [-0.39, 0.29) is 6.61 Å². The molecule has 0 unspecified atom stereocenters. The first kappa shape index (κ1) is 19.5. The van der Waals surface area contributed by atoms with Gasteiger partial charge in [0.05, 0.1) is 24.0 Å². The Kier molecular flexibility index (Phi) is 5.28. The molecule has 2 aromatic heterocycles. The summed E-state index contributed by atoms with van der Waals surface area (Å²) in [6, 6.07) is 20.3. The Morgan fingerprint density at radius 1 is 0.903 bits per heavy atom. The van der Waals surface area contributed by atoms with Crippen LogP contribution in [0, 0.1) is 0 Å². The van der Waals surface area contributed by atoms with Gasteiger partial charge in [0.2, 0.25) is 5.95 Å². The number of aliphatic hydroxyl groups excluding tert-OH is 1. The standard InChI is InChI=1S/C24H26N6O/c1-28-12-14-29(15-13-28)21-8-6-20(7-9-21)26-24-25-16-22-10-11-23(30(22)27-24)19-4-2-18(17-31)3-5-19/h2-11,16,31H,12-15,17H2,1H3,(H,26,27). The number of likely N-dealkylation sites (N-methyl/N-ethyl adjacent to an activating group) is 1. The zero-order valence-corrected chi connectivity index (χ0v) is 17.6. The SMILES string of the molecule is CN1CCN(c2ccc(Nc3ncc4ccc(-c5ccc(CO)cc5)n4n3)cc2)CC1. The van der Waals surface area contributed by atoms with Crippen molar-refractivity contribution >= 4 is 22.8 Å². The van der Waals surface area contributed by atoms with Crippen molar-refractivity contribution in [3.05, 3.63) is 72.4 Å². The second kappa shape index (κ2) is 8.37. The predicted molar refractivity (Wildman–Crippen MR) is 124 cm³/mol. The third-order valence-electron chi connectivity index (χ3n) is 5.82. The number of nitrogens with one attached hydrogen (secondary N) is 1. The first-order valence-electron chi connectivity index (χ1n) is 10.6. The molecule has 2 aromatic carbocycles. The summed E-state index contributed by atoms with van der Waals surface area (Å²) in [6.45, 7) is 4.34.